The molecule has 1 unspecified atom stereocenters. The third-order valence-corrected chi connectivity index (χ3v) is 11.9. The van der Waals surface area contributed by atoms with Crippen molar-refractivity contribution < 1.29 is 28.6 Å². The first-order valence-corrected chi connectivity index (χ1v) is 29.0. The maximum atomic E-state index is 12.8. The molecule has 1 atom stereocenters. The predicted molar refractivity (Wildman–Crippen MR) is 306 cm³/mol. The Kier molecular flexibility index (Phi) is 54.9. The Morgan fingerprint density at radius 3 is 0.972 bits per heavy atom. The number of rotatable bonds is 51. The van der Waals surface area contributed by atoms with E-state index in [9.17, 15) is 14.4 Å². The number of hydrogen-bond donors (Lipinski definition) is 0. The summed E-state index contributed by atoms with van der Waals surface area (Å²) in [6.45, 7) is 6.32. The van der Waals surface area contributed by atoms with Crippen molar-refractivity contribution >= 4 is 17.9 Å². The average molecular weight is 984 g/mol. The smallest absolute Gasteiger partial charge is 0.306 e. The third kappa shape index (κ3) is 56.6. The molecule has 0 aliphatic carbocycles. The fourth-order valence-electron chi connectivity index (χ4n) is 7.65. The van der Waals surface area contributed by atoms with E-state index < -0.39 is 6.10 Å². The summed E-state index contributed by atoms with van der Waals surface area (Å²) in [5.74, 6) is -1.04. The minimum absolute atomic E-state index is 0.117. The number of allylic oxidation sites excluding steroid dienone is 20. The lowest BCUT2D eigenvalue weighted by Gasteiger charge is -2.18. The molecule has 402 valence electrons. The van der Waals surface area contributed by atoms with Gasteiger partial charge in [0.1, 0.15) is 13.2 Å². The van der Waals surface area contributed by atoms with Crippen molar-refractivity contribution in [1.29, 1.82) is 0 Å². The molecule has 0 aromatic heterocycles. The van der Waals surface area contributed by atoms with Crippen LogP contribution in [0.1, 0.15) is 252 Å². The van der Waals surface area contributed by atoms with Gasteiger partial charge in [-0.15, -0.1) is 0 Å². The van der Waals surface area contributed by atoms with E-state index in [4.69, 9.17) is 14.2 Å². The summed E-state index contributed by atoms with van der Waals surface area (Å²) >= 11 is 0. The van der Waals surface area contributed by atoms with E-state index in [1.165, 1.54) is 103 Å². The molecule has 0 bridgehead atoms. The molecule has 0 aliphatic rings. The van der Waals surface area contributed by atoms with Crippen molar-refractivity contribution in [2.75, 3.05) is 13.2 Å². The van der Waals surface area contributed by atoms with E-state index in [1.807, 2.05) is 12.2 Å². The van der Waals surface area contributed by atoms with Gasteiger partial charge < -0.3 is 14.2 Å². The normalized spacial score (nSPS) is 13.0. The lowest BCUT2D eigenvalue weighted by Crippen LogP contribution is -2.30. The van der Waals surface area contributed by atoms with Crippen LogP contribution in [0.25, 0.3) is 0 Å². The lowest BCUT2D eigenvalue weighted by atomic mass is 10.1. The van der Waals surface area contributed by atoms with Crippen molar-refractivity contribution in [3.8, 4) is 0 Å². The zero-order valence-corrected chi connectivity index (χ0v) is 45.9. The first kappa shape index (κ1) is 66.8. The molecule has 6 nitrogen and oxygen atoms in total. The van der Waals surface area contributed by atoms with Crippen LogP contribution >= 0.6 is 0 Å². The van der Waals surface area contributed by atoms with Gasteiger partial charge in [-0.2, -0.15) is 0 Å². The number of carbonyl (C=O) groups is 3. The molecule has 0 spiro atoms. The van der Waals surface area contributed by atoms with Crippen molar-refractivity contribution in [1.82, 2.24) is 0 Å². The zero-order valence-electron chi connectivity index (χ0n) is 45.9. The summed E-state index contributed by atoms with van der Waals surface area (Å²) in [5.41, 5.74) is 0. The molecule has 0 aromatic rings. The fraction of sp³-hybridized carbons (Fsp3) is 0.646. The summed E-state index contributed by atoms with van der Waals surface area (Å²) in [6, 6.07) is 0. The standard InChI is InChI=1S/C65H106O6/c1-4-7-10-13-16-19-22-25-27-29-31-32-34-35-37-40-43-46-49-52-55-58-64(67)70-61-62(60-69-63(66)57-54-51-48-45-42-39-24-21-18-15-12-9-6-3)71-65(68)59-56-53-50-47-44-41-38-36-33-30-28-26-23-20-17-14-11-8-5-2/h8-9,11-12,17-18,20-21,26,28-29,31,33,36,39,41-42,44,48,51,62H,4-7,10,13-16,19,22-25,27,30,32,34-35,37-38,40,43,45-47,49-50,52-61H2,1-3H3/b11-8-,12-9-,20-17-,21-18-,28-26-,31-29-,36-33-,42-39-,44-41-,51-48-. The zero-order chi connectivity index (χ0) is 51.4. The van der Waals surface area contributed by atoms with Crippen molar-refractivity contribution in [3.63, 3.8) is 0 Å². The lowest BCUT2D eigenvalue weighted by molar-refractivity contribution is -0.166. The van der Waals surface area contributed by atoms with Crippen LogP contribution < -0.4 is 0 Å². The molecule has 0 aromatic carbocycles. The van der Waals surface area contributed by atoms with E-state index in [1.54, 1.807) is 0 Å². The van der Waals surface area contributed by atoms with Gasteiger partial charge in [0.15, 0.2) is 6.10 Å². The average Bonchev–Trinajstić information content (AvgIpc) is 3.37. The maximum absolute atomic E-state index is 12.8. The van der Waals surface area contributed by atoms with Gasteiger partial charge in [-0.25, -0.2) is 0 Å². The van der Waals surface area contributed by atoms with Crippen LogP contribution in [0.5, 0.6) is 0 Å². The largest absolute Gasteiger partial charge is 0.462 e. The Balaban J connectivity index is 4.48. The molecule has 0 N–H and O–H groups in total. The van der Waals surface area contributed by atoms with Gasteiger partial charge in [0.05, 0.1) is 0 Å². The number of esters is 3. The van der Waals surface area contributed by atoms with Gasteiger partial charge in [0, 0.05) is 19.3 Å². The Labute approximate surface area is 437 Å². The van der Waals surface area contributed by atoms with Crippen LogP contribution in [-0.2, 0) is 28.6 Å². The minimum Gasteiger partial charge on any atom is -0.462 e. The highest BCUT2D eigenvalue weighted by Gasteiger charge is 2.19. The molecule has 0 saturated carbocycles. The van der Waals surface area contributed by atoms with Crippen LogP contribution in [0, 0.1) is 0 Å². The fourth-order valence-corrected chi connectivity index (χ4v) is 7.65. The molecule has 0 saturated heterocycles. The van der Waals surface area contributed by atoms with E-state index >= 15 is 0 Å². The van der Waals surface area contributed by atoms with Gasteiger partial charge in [-0.3, -0.25) is 14.4 Å². The maximum Gasteiger partial charge on any atom is 0.306 e. The molecule has 0 radical (unpaired) electrons. The third-order valence-electron chi connectivity index (χ3n) is 11.9. The number of unbranched alkanes of at least 4 members (excludes halogenated alkanes) is 20. The first-order chi connectivity index (χ1) is 35.0. The Morgan fingerprint density at radius 2 is 0.577 bits per heavy atom. The quantitative estimate of drug-likeness (QED) is 0.0261. The number of hydrogen-bond acceptors (Lipinski definition) is 6. The molecule has 0 rings (SSSR count). The van der Waals surface area contributed by atoms with E-state index in [2.05, 4.69) is 130 Å². The predicted octanol–water partition coefficient (Wildman–Crippen LogP) is 19.6. The molecule has 6 heteroatoms. The van der Waals surface area contributed by atoms with Gasteiger partial charge in [-0.05, 0) is 116 Å². The second-order valence-corrected chi connectivity index (χ2v) is 18.8. The SMILES string of the molecule is CC/C=C\C/C=C\C/C=C\C/C=C\C/C=C\CCCCCC(=O)OC(COC(=O)CC/C=C\C/C=C\C/C=C\C/C=C\CC)COC(=O)CCCCCCCCCCC/C=C\CCCCCCCCCC. The van der Waals surface area contributed by atoms with Crippen molar-refractivity contribution in [3.05, 3.63) is 122 Å². The minimum atomic E-state index is -0.829. The molecule has 0 amide bonds. The molecule has 71 heavy (non-hydrogen) atoms. The molecular formula is C65H106O6. The van der Waals surface area contributed by atoms with Crippen LogP contribution in [0.2, 0.25) is 0 Å². The highest BCUT2D eigenvalue weighted by molar-refractivity contribution is 5.71. The van der Waals surface area contributed by atoms with Crippen LogP contribution in [0.3, 0.4) is 0 Å². The van der Waals surface area contributed by atoms with Crippen LogP contribution in [0.15, 0.2) is 122 Å². The Morgan fingerprint density at radius 1 is 0.296 bits per heavy atom. The Hall–Kier alpha value is -4.19. The van der Waals surface area contributed by atoms with Gasteiger partial charge in [0.25, 0.3) is 0 Å². The highest BCUT2D eigenvalue weighted by Crippen LogP contribution is 2.14. The summed E-state index contributed by atoms with van der Waals surface area (Å²) in [4.78, 5) is 38.1. The summed E-state index contributed by atoms with van der Waals surface area (Å²) in [7, 11) is 0. The second kappa shape index (κ2) is 58.4. The topological polar surface area (TPSA) is 78.9 Å². The second-order valence-electron chi connectivity index (χ2n) is 18.8. The van der Waals surface area contributed by atoms with E-state index in [0.717, 1.165) is 96.3 Å². The number of ether oxygens (including phenoxy) is 3. The summed E-state index contributed by atoms with van der Waals surface area (Å²) < 4.78 is 16.8. The van der Waals surface area contributed by atoms with Crippen molar-refractivity contribution in [2.24, 2.45) is 0 Å². The van der Waals surface area contributed by atoms with Gasteiger partial charge in [-0.1, -0.05) is 239 Å². The van der Waals surface area contributed by atoms with E-state index in [-0.39, 0.29) is 44.0 Å². The van der Waals surface area contributed by atoms with Gasteiger partial charge >= 0.3 is 17.9 Å². The molecule has 0 heterocycles. The van der Waals surface area contributed by atoms with Crippen LogP contribution in [0.4, 0.5) is 0 Å². The molecule has 0 aliphatic heterocycles. The van der Waals surface area contributed by atoms with Gasteiger partial charge in [0.2, 0.25) is 0 Å². The monoisotopic (exact) mass is 983 g/mol. The Bertz CT molecular complexity index is 1500. The van der Waals surface area contributed by atoms with Crippen LogP contribution in [-0.4, -0.2) is 37.2 Å². The van der Waals surface area contributed by atoms with E-state index in [0.29, 0.717) is 19.3 Å². The summed E-state index contributed by atoms with van der Waals surface area (Å²) in [5, 5.41) is 0. The summed E-state index contributed by atoms with van der Waals surface area (Å²) in [6.07, 6.45) is 80.7. The first-order valence-electron chi connectivity index (χ1n) is 29.0. The van der Waals surface area contributed by atoms with Crippen molar-refractivity contribution in [2.45, 2.75) is 258 Å². The number of carbonyl (C=O) groups excluding carboxylic acids is 3. The highest BCUT2D eigenvalue weighted by atomic mass is 16.6. The molecular weight excluding hydrogens is 877 g/mol. The molecule has 0 fully saturated rings.